The quantitative estimate of drug-likeness (QED) is 0.746. The minimum absolute atomic E-state index is 0.0307. The van der Waals surface area contributed by atoms with Crippen molar-refractivity contribution in [3.8, 4) is 5.75 Å². The van der Waals surface area contributed by atoms with E-state index in [4.69, 9.17) is 0 Å². The average Bonchev–Trinajstić information content (AvgIpc) is 2.48. The SMILES string of the molecule is Cc1ccc(NC(=O)[C@@H]2CC(=O)Nc3cc(F)ccc32)c(O)c1. The first-order valence-corrected chi connectivity index (χ1v) is 7.14. The lowest BCUT2D eigenvalue weighted by Crippen LogP contribution is -2.30. The smallest absolute Gasteiger partial charge is 0.232 e. The van der Waals surface area contributed by atoms with E-state index in [1.807, 2.05) is 6.92 Å². The summed E-state index contributed by atoms with van der Waals surface area (Å²) in [6, 6.07) is 8.81. The molecule has 0 aromatic heterocycles. The molecule has 0 radical (unpaired) electrons. The number of hydrogen-bond acceptors (Lipinski definition) is 3. The summed E-state index contributed by atoms with van der Waals surface area (Å²) in [5, 5.41) is 15.1. The van der Waals surface area contributed by atoms with Gasteiger partial charge in [-0.3, -0.25) is 9.59 Å². The van der Waals surface area contributed by atoms with Crippen molar-refractivity contribution in [2.45, 2.75) is 19.3 Å². The molecule has 1 aliphatic heterocycles. The van der Waals surface area contributed by atoms with Gasteiger partial charge >= 0.3 is 0 Å². The maximum absolute atomic E-state index is 13.3. The number of carbonyl (C=O) groups is 2. The summed E-state index contributed by atoms with van der Waals surface area (Å²) in [6.45, 7) is 1.82. The third-order valence-electron chi connectivity index (χ3n) is 3.78. The first-order chi connectivity index (χ1) is 10.9. The molecular formula is C17H15FN2O3. The van der Waals surface area contributed by atoms with Gasteiger partial charge in [0.25, 0.3) is 0 Å². The van der Waals surface area contributed by atoms with E-state index in [-0.39, 0.29) is 23.8 Å². The topological polar surface area (TPSA) is 78.4 Å². The number of hydrogen-bond donors (Lipinski definition) is 3. The lowest BCUT2D eigenvalue weighted by Gasteiger charge is -2.25. The van der Waals surface area contributed by atoms with E-state index in [1.165, 1.54) is 24.3 Å². The molecule has 0 saturated carbocycles. The molecule has 0 unspecified atom stereocenters. The second kappa shape index (κ2) is 5.72. The zero-order valence-electron chi connectivity index (χ0n) is 12.4. The fraction of sp³-hybridized carbons (Fsp3) is 0.176. The van der Waals surface area contributed by atoms with Crippen LogP contribution in [0.5, 0.6) is 5.75 Å². The van der Waals surface area contributed by atoms with E-state index in [2.05, 4.69) is 10.6 Å². The molecule has 118 valence electrons. The zero-order chi connectivity index (χ0) is 16.6. The molecular weight excluding hydrogens is 299 g/mol. The van der Waals surface area contributed by atoms with Crippen LogP contribution in [-0.2, 0) is 9.59 Å². The molecule has 1 aliphatic rings. The monoisotopic (exact) mass is 314 g/mol. The van der Waals surface area contributed by atoms with Gasteiger partial charge in [-0.1, -0.05) is 12.1 Å². The molecule has 2 aromatic carbocycles. The second-order valence-corrected chi connectivity index (χ2v) is 5.55. The summed E-state index contributed by atoms with van der Waals surface area (Å²) < 4.78 is 13.3. The molecule has 0 aliphatic carbocycles. The van der Waals surface area contributed by atoms with Crippen LogP contribution >= 0.6 is 0 Å². The van der Waals surface area contributed by atoms with E-state index in [0.717, 1.165) is 5.56 Å². The fourth-order valence-corrected chi connectivity index (χ4v) is 2.64. The molecule has 0 spiro atoms. The lowest BCUT2D eigenvalue weighted by molar-refractivity contribution is -0.123. The summed E-state index contributed by atoms with van der Waals surface area (Å²) in [5.74, 6) is -2.04. The first kappa shape index (κ1) is 15.0. The Labute approximate surface area is 132 Å². The van der Waals surface area contributed by atoms with Gasteiger partial charge in [0.1, 0.15) is 11.6 Å². The molecule has 2 amide bonds. The Hall–Kier alpha value is -2.89. The second-order valence-electron chi connectivity index (χ2n) is 5.55. The van der Waals surface area contributed by atoms with Gasteiger partial charge < -0.3 is 15.7 Å². The summed E-state index contributed by atoms with van der Waals surface area (Å²) in [7, 11) is 0. The van der Waals surface area contributed by atoms with Crippen molar-refractivity contribution in [3.63, 3.8) is 0 Å². The molecule has 1 atom stereocenters. The Morgan fingerprint density at radius 1 is 1.30 bits per heavy atom. The van der Waals surface area contributed by atoms with E-state index < -0.39 is 17.6 Å². The number of phenols is 1. The number of nitrogens with one attached hydrogen (secondary N) is 2. The Kier molecular flexibility index (Phi) is 3.73. The molecule has 3 N–H and O–H groups in total. The van der Waals surface area contributed by atoms with Crippen LogP contribution in [0.25, 0.3) is 0 Å². The summed E-state index contributed by atoms with van der Waals surface area (Å²) >= 11 is 0. The van der Waals surface area contributed by atoms with Crippen LogP contribution in [0.4, 0.5) is 15.8 Å². The molecule has 1 heterocycles. The highest BCUT2D eigenvalue weighted by Gasteiger charge is 2.31. The van der Waals surface area contributed by atoms with Crippen LogP contribution in [0.1, 0.15) is 23.5 Å². The van der Waals surface area contributed by atoms with Gasteiger partial charge in [0.2, 0.25) is 11.8 Å². The van der Waals surface area contributed by atoms with Crippen LogP contribution in [-0.4, -0.2) is 16.9 Å². The highest BCUT2D eigenvalue weighted by Crippen LogP contribution is 2.34. The van der Waals surface area contributed by atoms with Gasteiger partial charge in [0.05, 0.1) is 11.6 Å². The van der Waals surface area contributed by atoms with E-state index in [1.54, 1.807) is 12.1 Å². The Morgan fingerprint density at radius 2 is 2.09 bits per heavy atom. The van der Waals surface area contributed by atoms with Crippen molar-refractivity contribution in [3.05, 3.63) is 53.3 Å². The van der Waals surface area contributed by atoms with E-state index >= 15 is 0 Å². The minimum Gasteiger partial charge on any atom is -0.506 e. The van der Waals surface area contributed by atoms with Gasteiger partial charge in [-0.25, -0.2) is 4.39 Å². The van der Waals surface area contributed by atoms with Crippen molar-refractivity contribution >= 4 is 23.2 Å². The maximum atomic E-state index is 13.3. The molecule has 0 saturated heterocycles. The molecule has 0 bridgehead atoms. The number of carbonyl (C=O) groups excluding carboxylic acids is 2. The number of phenolic OH excluding ortho intramolecular Hbond substituents is 1. The minimum atomic E-state index is -0.736. The van der Waals surface area contributed by atoms with E-state index in [0.29, 0.717) is 11.3 Å². The van der Waals surface area contributed by atoms with Crippen LogP contribution in [0.2, 0.25) is 0 Å². The standard InChI is InChI=1S/C17H15FN2O3/c1-9-2-5-13(15(21)6-9)20-17(23)12-8-16(22)19-14-7-10(18)3-4-11(12)14/h2-7,12,21H,8H2,1H3,(H,19,22)(H,20,23)/t12-/m1/s1. The zero-order valence-corrected chi connectivity index (χ0v) is 12.4. The molecule has 3 rings (SSSR count). The van der Waals surface area contributed by atoms with Crippen molar-refractivity contribution in [1.82, 2.24) is 0 Å². The molecule has 23 heavy (non-hydrogen) atoms. The number of fused-ring (bicyclic) bond motifs is 1. The van der Waals surface area contributed by atoms with Crippen molar-refractivity contribution in [1.29, 1.82) is 0 Å². The summed E-state index contributed by atoms with van der Waals surface area (Å²) in [5.41, 5.74) is 1.98. The van der Waals surface area contributed by atoms with Crippen molar-refractivity contribution in [2.24, 2.45) is 0 Å². The predicted octanol–water partition coefficient (Wildman–Crippen LogP) is 2.90. The highest BCUT2D eigenvalue weighted by molar-refractivity contribution is 6.05. The van der Waals surface area contributed by atoms with Gasteiger partial charge in [-0.05, 0) is 42.3 Å². The largest absolute Gasteiger partial charge is 0.506 e. The average molecular weight is 314 g/mol. The summed E-state index contributed by atoms with van der Waals surface area (Å²) in [4.78, 5) is 24.3. The fourth-order valence-electron chi connectivity index (χ4n) is 2.64. The van der Waals surface area contributed by atoms with Crippen LogP contribution < -0.4 is 10.6 Å². The van der Waals surface area contributed by atoms with Gasteiger partial charge in [-0.2, -0.15) is 0 Å². The summed E-state index contributed by atoms with van der Waals surface area (Å²) in [6.07, 6.45) is -0.0307. The molecule has 0 fully saturated rings. The molecule has 6 heteroatoms. The van der Waals surface area contributed by atoms with Crippen molar-refractivity contribution < 1.29 is 19.1 Å². The normalized spacial score (nSPS) is 16.4. The van der Waals surface area contributed by atoms with Gasteiger partial charge in [0.15, 0.2) is 0 Å². The number of aromatic hydroxyl groups is 1. The van der Waals surface area contributed by atoms with E-state index in [9.17, 15) is 19.1 Å². The van der Waals surface area contributed by atoms with Crippen LogP contribution in [0.15, 0.2) is 36.4 Å². The first-order valence-electron chi connectivity index (χ1n) is 7.14. The number of anilines is 2. The molecule has 2 aromatic rings. The number of aryl methyl sites for hydroxylation is 1. The maximum Gasteiger partial charge on any atom is 0.232 e. The number of amides is 2. The van der Waals surface area contributed by atoms with Crippen LogP contribution in [0, 0.1) is 12.7 Å². The third kappa shape index (κ3) is 3.01. The predicted molar refractivity (Wildman–Crippen MR) is 83.9 cm³/mol. The Bertz CT molecular complexity index is 804. The highest BCUT2D eigenvalue weighted by atomic mass is 19.1. The lowest BCUT2D eigenvalue weighted by atomic mass is 9.89. The number of halogens is 1. The van der Waals surface area contributed by atoms with Gasteiger partial charge in [-0.15, -0.1) is 0 Å². The van der Waals surface area contributed by atoms with Crippen molar-refractivity contribution in [2.75, 3.05) is 10.6 Å². The third-order valence-corrected chi connectivity index (χ3v) is 3.78. The Morgan fingerprint density at radius 3 is 2.83 bits per heavy atom. The number of rotatable bonds is 2. The number of benzene rings is 2. The molecule has 5 nitrogen and oxygen atoms in total. The van der Waals surface area contributed by atoms with Gasteiger partial charge in [0, 0.05) is 12.1 Å². The van der Waals surface area contributed by atoms with Crippen LogP contribution in [0.3, 0.4) is 0 Å². The Balaban J connectivity index is 1.89.